The molecular weight excluding hydrogens is 218 g/mol. The molecule has 2 aliphatic heterocycles. The molecular formula is C12H13N3O2. The van der Waals surface area contributed by atoms with Crippen molar-refractivity contribution in [3.63, 3.8) is 0 Å². The average molecular weight is 231 g/mol. The van der Waals surface area contributed by atoms with E-state index in [1.54, 1.807) is 11.1 Å². The van der Waals surface area contributed by atoms with Gasteiger partial charge in [-0.15, -0.1) is 0 Å². The SMILES string of the molecule is O=C1NCCN2C(=O)C3CC=CC=C3NC=C12. The maximum Gasteiger partial charge on any atom is 0.269 e. The third kappa shape index (κ3) is 1.54. The molecule has 88 valence electrons. The Morgan fingerprint density at radius 2 is 2.24 bits per heavy atom. The van der Waals surface area contributed by atoms with Crippen LogP contribution in [0.1, 0.15) is 6.42 Å². The Hall–Kier alpha value is -2.04. The number of fused-ring (bicyclic) bond motifs is 2. The molecule has 3 rings (SSSR count). The number of allylic oxidation sites excluding steroid dienone is 3. The largest absolute Gasteiger partial charge is 0.362 e. The van der Waals surface area contributed by atoms with E-state index in [-0.39, 0.29) is 17.7 Å². The molecule has 2 N–H and O–H groups in total. The van der Waals surface area contributed by atoms with Crippen LogP contribution in [0.25, 0.3) is 0 Å². The molecule has 5 nitrogen and oxygen atoms in total. The van der Waals surface area contributed by atoms with Crippen molar-refractivity contribution in [1.82, 2.24) is 15.5 Å². The molecule has 2 amide bonds. The zero-order valence-electron chi connectivity index (χ0n) is 9.27. The predicted octanol–water partition coefficient (Wildman–Crippen LogP) is -0.151. The van der Waals surface area contributed by atoms with Gasteiger partial charge in [-0.3, -0.25) is 9.59 Å². The van der Waals surface area contributed by atoms with Crippen molar-refractivity contribution in [2.75, 3.05) is 13.1 Å². The summed E-state index contributed by atoms with van der Waals surface area (Å²) in [6.07, 6.45) is 8.10. The molecule has 2 heterocycles. The summed E-state index contributed by atoms with van der Waals surface area (Å²) in [5.41, 5.74) is 1.28. The number of hydrogen-bond donors (Lipinski definition) is 2. The van der Waals surface area contributed by atoms with Crippen LogP contribution in [0.4, 0.5) is 0 Å². The Labute approximate surface area is 98.8 Å². The van der Waals surface area contributed by atoms with Crippen LogP contribution in [0.3, 0.4) is 0 Å². The Kier molecular flexibility index (Phi) is 2.24. The summed E-state index contributed by atoms with van der Waals surface area (Å²) in [6, 6.07) is 0. The molecule has 3 aliphatic rings. The van der Waals surface area contributed by atoms with Crippen molar-refractivity contribution in [2.45, 2.75) is 6.42 Å². The first-order valence-corrected chi connectivity index (χ1v) is 5.70. The van der Waals surface area contributed by atoms with Crippen LogP contribution in [0.15, 0.2) is 35.8 Å². The van der Waals surface area contributed by atoms with Crippen molar-refractivity contribution >= 4 is 11.8 Å². The van der Waals surface area contributed by atoms with E-state index in [9.17, 15) is 9.59 Å². The summed E-state index contributed by atoms with van der Waals surface area (Å²) in [7, 11) is 0. The average Bonchev–Trinajstić information content (AvgIpc) is 2.50. The van der Waals surface area contributed by atoms with E-state index >= 15 is 0 Å². The lowest BCUT2D eigenvalue weighted by atomic mass is 9.95. The number of nitrogens with one attached hydrogen (secondary N) is 2. The number of amides is 2. The molecule has 0 saturated carbocycles. The van der Waals surface area contributed by atoms with Crippen molar-refractivity contribution in [3.05, 3.63) is 35.8 Å². The van der Waals surface area contributed by atoms with Gasteiger partial charge in [-0.05, 0) is 12.5 Å². The van der Waals surface area contributed by atoms with E-state index in [2.05, 4.69) is 10.6 Å². The van der Waals surface area contributed by atoms with E-state index < -0.39 is 0 Å². The topological polar surface area (TPSA) is 61.4 Å². The van der Waals surface area contributed by atoms with Gasteiger partial charge in [0.15, 0.2) is 0 Å². The third-order valence-electron chi connectivity index (χ3n) is 3.24. The van der Waals surface area contributed by atoms with Crippen LogP contribution in [-0.4, -0.2) is 29.8 Å². The Morgan fingerprint density at radius 1 is 1.35 bits per heavy atom. The molecule has 1 aliphatic carbocycles. The summed E-state index contributed by atoms with van der Waals surface area (Å²) in [4.78, 5) is 25.6. The van der Waals surface area contributed by atoms with Gasteiger partial charge in [-0.25, -0.2) is 0 Å². The lowest BCUT2D eigenvalue weighted by Gasteiger charge is -2.30. The van der Waals surface area contributed by atoms with Gasteiger partial charge in [0.05, 0.1) is 5.92 Å². The summed E-state index contributed by atoms with van der Waals surface area (Å²) >= 11 is 0. The Morgan fingerprint density at radius 3 is 3.12 bits per heavy atom. The fourth-order valence-electron chi connectivity index (χ4n) is 2.34. The highest BCUT2D eigenvalue weighted by molar-refractivity contribution is 6.00. The van der Waals surface area contributed by atoms with E-state index in [0.29, 0.717) is 25.2 Å². The molecule has 0 spiro atoms. The van der Waals surface area contributed by atoms with Crippen LogP contribution < -0.4 is 10.6 Å². The first-order chi connectivity index (χ1) is 8.27. The maximum atomic E-state index is 12.3. The fourth-order valence-corrected chi connectivity index (χ4v) is 2.34. The van der Waals surface area contributed by atoms with E-state index in [1.807, 2.05) is 18.2 Å². The molecule has 1 saturated heterocycles. The summed E-state index contributed by atoms with van der Waals surface area (Å²) in [6.45, 7) is 1.06. The van der Waals surface area contributed by atoms with E-state index in [4.69, 9.17) is 0 Å². The van der Waals surface area contributed by atoms with Crippen molar-refractivity contribution in [1.29, 1.82) is 0 Å². The Bertz CT molecular complexity index is 476. The normalized spacial score (nSPS) is 27.1. The summed E-state index contributed by atoms with van der Waals surface area (Å²) < 4.78 is 0. The minimum Gasteiger partial charge on any atom is -0.362 e. The van der Waals surface area contributed by atoms with Crippen LogP contribution in [0.2, 0.25) is 0 Å². The van der Waals surface area contributed by atoms with Gasteiger partial charge >= 0.3 is 0 Å². The molecule has 17 heavy (non-hydrogen) atoms. The molecule has 0 radical (unpaired) electrons. The zero-order valence-corrected chi connectivity index (χ0v) is 9.27. The van der Waals surface area contributed by atoms with Gasteiger partial charge < -0.3 is 15.5 Å². The second-order valence-corrected chi connectivity index (χ2v) is 4.26. The molecule has 0 bridgehead atoms. The zero-order chi connectivity index (χ0) is 11.8. The quantitative estimate of drug-likeness (QED) is 0.609. The number of nitrogens with zero attached hydrogens (tertiary/aromatic N) is 1. The number of piperazine rings is 1. The van der Waals surface area contributed by atoms with Gasteiger partial charge in [0.25, 0.3) is 5.91 Å². The van der Waals surface area contributed by atoms with Crippen LogP contribution >= 0.6 is 0 Å². The second-order valence-electron chi connectivity index (χ2n) is 4.26. The highest BCUT2D eigenvalue weighted by Crippen LogP contribution is 2.26. The molecule has 0 aromatic heterocycles. The predicted molar refractivity (Wildman–Crippen MR) is 61.3 cm³/mol. The van der Waals surface area contributed by atoms with Crippen LogP contribution in [0.5, 0.6) is 0 Å². The fraction of sp³-hybridized carbons (Fsp3) is 0.333. The van der Waals surface area contributed by atoms with Crippen molar-refractivity contribution in [2.24, 2.45) is 5.92 Å². The Balaban J connectivity index is 2.00. The first kappa shape index (κ1) is 10.1. The van der Waals surface area contributed by atoms with Crippen molar-refractivity contribution in [3.8, 4) is 0 Å². The van der Waals surface area contributed by atoms with Gasteiger partial charge in [0.1, 0.15) is 5.70 Å². The van der Waals surface area contributed by atoms with Gasteiger partial charge in [-0.1, -0.05) is 12.2 Å². The van der Waals surface area contributed by atoms with Gasteiger partial charge in [0.2, 0.25) is 5.91 Å². The van der Waals surface area contributed by atoms with Crippen molar-refractivity contribution < 1.29 is 9.59 Å². The number of hydrogen-bond acceptors (Lipinski definition) is 3. The highest BCUT2D eigenvalue weighted by Gasteiger charge is 2.36. The number of carbonyl (C=O) groups is 2. The van der Waals surface area contributed by atoms with E-state index in [0.717, 1.165) is 5.70 Å². The minimum absolute atomic E-state index is 0.00620. The summed E-state index contributed by atoms with van der Waals surface area (Å²) in [5, 5.41) is 5.80. The van der Waals surface area contributed by atoms with Gasteiger partial charge in [0, 0.05) is 25.0 Å². The smallest absolute Gasteiger partial charge is 0.269 e. The van der Waals surface area contributed by atoms with Crippen LogP contribution in [-0.2, 0) is 9.59 Å². The second kappa shape index (κ2) is 3.76. The molecule has 0 aromatic rings. The maximum absolute atomic E-state index is 12.3. The van der Waals surface area contributed by atoms with Crippen LogP contribution in [0, 0.1) is 5.92 Å². The molecule has 0 aromatic carbocycles. The molecule has 1 fully saturated rings. The van der Waals surface area contributed by atoms with E-state index in [1.165, 1.54) is 0 Å². The third-order valence-corrected chi connectivity index (χ3v) is 3.24. The standard InChI is InChI=1S/C12H13N3O2/c16-11-10-7-14-9-4-2-1-3-8(9)12(17)15(10)6-5-13-11/h1-2,4,7-8,14H,3,5-6H2,(H,13,16). The monoisotopic (exact) mass is 231 g/mol. The molecule has 5 heteroatoms. The lowest BCUT2D eigenvalue weighted by molar-refractivity contribution is -0.136. The summed E-state index contributed by atoms with van der Waals surface area (Å²) in [5.74, 6) is -0.365. The molecule has 1 atom stereocenters. The number of rotatable bonds is 0. The number of carbonyl (C=O) groups excluding carboxylic acids is 2. The first-order valence-electron chi connectivity index (χ1n) is 5.70. The minimum atomic E-state index is -0.190. The molecule has 1 unspecified atom stereocenters. The highest BCUT2D eigenvalue weighted by atomic mass is 16.2. The lowest BCUT2D eigenvalue weighted by Crippen LogP contribution is -2.49. The van der Waals surface area contributed by atoms with Gasteiger partial charge in [-0.2, -0.15) is 0 Å².